The van der Waals surface area contributed by atoms with Gasteiger partial charge in [0.1, 0.15) is 0 Å². The van der Waals surface area contributed by atoms with Crippen molar-refractivity contribution in [2.75, 3.05) is 0 Å². The number of aromatic nitrogens is 5. The lowest BCUT2D eigenvalue weighted by Gasteiger charge is -2.14. The zero-order chi connectivity index (χ0) is 37.0. The van der Waals surface area contributed by atoms with E-state index in [0.29, 0.717) is 17.6 Å². The molecule has 0 N–H and O–H groups in total. The fraction of sp³-hybridized carbons (Fsp3) is 0. The largest absolute Gasteiger partial charge is 0.309 e. The first-order chi connectivity index (χ1) is 27.8. The topological polar surface area (TPSA) is 48.5 Å². The van der Waals surface area contributed by atoms with Crippen molar-refractivity contribution in [3.8, 4) is 56.7 Å². The molecule has 262 valence electrons. The van der Waals surface area contributed by atoms with Crippen molar-refractivity contribution in [1.82, 2.24) is 24.1 Å². The third-order valence-electron chi connectivity index (χ3n) is 10.8. The number of benzene rings is 8. The number of para-hydroxylation sites is 3. The van der Waals surface area contributed by atoms with Gasteiger partial charge in [0.25, 0.3) is 0 Å². The Morgan fingerprint density at radius 1 is 0.286 bits per heavy atom. The zero-order valence-electron chi connectivity index (χ0n) is 30.3. The summed E-state index contributed by atoms with van der Waals surface area (Å²) >= 11 is 0. The molecule has 0 fully saturated rings. The van der Waals surface area contributed by atoms with Gasteiger partial charge in [0.2, 0.25) is 5.95 Å². The van der Waals surface area contributed by atoms with E-state index in [2.05, 4.69) is 185 Å². The average molecular weight is 716 g/mol. The number of fused-ring (bicyclic) bond motifs is 6. The van der Waals surface area contributed by atoms with E-state index in [1.54, 1.807) is 0 Å². The Balaban J connectivity index is 1.17. The standard InChI is InChI=1S/C51H33N5/c1-4-16-34(17-5-1)35-28-30-38(31-29-35)50-52-49(37-20-8-3-9-21-37)53-51(54-50)56-46-27-15-12-24-41(46)43-32-47-42(33-48(43)56)40-23-11-14-26-45(40)55(47)44-25-13-10-22-39(44)36-18-6-2-7-19-36/h1-33H. The lowest BCUT2D eigenvalue weighted by atomic mass is 10.0. The summed E-state index contributed by atoms with van der Waals surface area (Å²) in [5.41, 5.74) is 12.0. The van der Waals surface area contributed by atoms with Gasteiger partial charge in [-0.2, -0.15) is 9.97 Å². The molecule has 0 bridgehead atoms. The quantitative estimate of drug-likeness (QED) is 0.172. The van der Waals surface area contributed by atoms with Gasteiger partial charge >= 0.3 is 0 Å². The molecule has 0 atom stereocenters. The number of rotatable bonds is 6. The predicted molar refractivity (Wildman–Crippen MR) is 230 cm³/mol. The fourth-order valence-electron chi connectivity index (χ4n) is 8.19. The van der Waals surface area contributed by atoms with Crippen LogP contribution in [0.1, 0.15) is 0 Å². The first kappa shape index (κ1) is 31.9. The molecule has 0 spiro atoms. The zero-order valence-corrected chi connectivity index (χ0v) is 30.3. The Morgan fingerprint density at radius 2 is 0.714 bits per heavy atom. The second-order valence-corrected chi connectivity index (χ2v) is 14.1. The highest BCUT2D eigenvalue weighted by molar-refractivity contribution is 6.19. The number of nitrogens with zero attached hydrogens (tertiary/aromatic N) is 5. The summed E-state index contributed by atoms with van der Waals surface area (Å²) in [5, 5.41) is 4.61. The third kappa shape index (κ3) is 5.21. The first-order valence-electron chi connectivity index (χ1n) is 18.9. The van der Waals surface area contributed by atoms with Crippen LogP contribution in [0.2, 0.25) is 0 Å². The van der Waals surface area contributed by atoms with Gasteiger partial charge in [-0.25, -0.2) is 4.98 Å². The van der Waals surface area contributed by atoms with Crippen LogP contribution in [0, 0.1) is 0 Å². The smallest absolute Gasteiger partial charge is 0.238 e. The van der Waals surface area contributed by atoms with E-state index in [1.807, 2.05) is 24.3 Å². The van der Waals surface area contributed by atoms with E-state index in [1.165, 1.54) is 22.1 Å². The van der Waals surface area contributed by atoms with Crippen molar-refractivity contribution in [2.24, 2.45) is 0 Å². The summed E-state index contributed by atoms with van der Waals surface area (Å²) in [5.74, 6) is 1.82. The highest BCUT2D eigenvalue weighted by atomic mass is 15.2. The van der Waals surface area contributed by atoms with Crippen LogP contribution in [0.3, 0.4) is 0 Å². The van der Waals surface area contributed by atoms with E-state index in [4.69, 9.17) is 15.0 Å². The maximum Gasteiger partial charge on any atom is 0.238 e. The van der Waals surface area contributed by atoms with Crippen molar-refractivity contribution in [1.29, 1.82) is 0 Å². The molecule has 5 heteroatoms. The highest BCUT2D eigenvalue weighted by Gasteiger charge is 2.22. The average Bonchev–Trinajstić information content (AvgIpc) is 3.78. The molecule has 0 aliphatic carbocycles. The van der Waals surface area contributed by atoms with Crippen LogP contribution >= 0.6 is 0 Å². The van der Waals surface area contributed by atoms with E-state index < -0.39 is 0 Å². The van der Waals surface area contributed by atoms with Crippen molar-refractivity contribution in [2.45, 2.75) is 0 Å². The number of hydrogen-bond acceptors (Lipinski definition) is 3. The molecule has 0 saturated heterocycles. The predicted octanol–water partition coefficient (Wildman–Crippen LogP) is 12.7. The highest BCUT2D eigenvalue weighted by Crippen LogP contribution is 2.41. The Kier molecular flexibility index (Phi) is 7.42. The Hall–Kier alpha value is -7.63. The summed E-state index contributed by atoms with van der Waals surface area (Å²) in [6, 6.07) is 70.4. The maximum absolute atomic E-state index is 5.25. The van der Waals surface area contributed by atoms with Crippen LogP contribution in [0.25, 0.3) is 100 Å². The van der Waals surface area contributed by atoms with Crippen LogP contribution in [-0.4, -0.2) is 24.1 Å². The molecule has 8 aromatic carbocycles. The van der Waals surface area contributed by atoms with Gasteiger partial charge in [-0.3, -0.25) is 4.57 Å². The van der Waals surface area contributed by atoms with Crippen LogP contribution in [0.15, 0.2) is 200 Å². The number of hydrogen-bond donors (Lipinski definition) is 0. The molecule has 0 saturated carbocycles. The van der Waals surface area contributed by atoms with Gasteiger partial charge < -0.3 is 4.57 Å². The molecule has 0 aliphatic rings. The summed E-state index contributed by atoms with van der Waals surface area (Å²) in [6.45, 7) is 0. The molecule has 3 heterocycles. The maximum atomic E-state index is 5.25. The van der Waals surface area contributed by atoms with Gasteiger partial charge in [-0.05, 0) is 47.0 Å². The Bertz CT molecular complexity index is 3220. The second kappa shape index (κ2) is 13.0. The minimum Gasteiger partial charge on any atom is -0.309 e. The summed E-state index contributed by atoms with van der Waals surface area (Å²) < 4.78 is 4.64. The van der Waals surface area contributed by atoms with Gasteiger partial charge in [0, 0.05) is 38.2 Å². The third-order valence-corrected chi connectivity index (χ3v) is 10.8. The normalized spacial score (nSPS) is 11.6. The van der Waals surface area contributed by atoms with E-state index in [-0.39, 0.29) is 0 Å². The van der Waals surface area contributed by atoms with Crippen molar-refractivity contribution in [3.05, 3.63) is 200 Å². The summed E-state index contributed by atoms with van der Waals surface area (Å²) in [4.78, 5) is 15.5. The summed E-state index contributed by atoms with van der Waals surface area (Å²) in [7, 11) is 0. The molecule has 0 amide bonds. The van der Waals surface area contributed by atoms with Crippen LogP contribution in [0.5, 0.6) is 0 Å². The molecule has 0 unspecified atom stereocenters. The van der Waals surface area contributed by atoms with Gasteiger partial charge in [-0.15, -0.1) is 0 Å². The van der Waals surface area contributed by atoms with Crippen molar-refractivity contribution >= 4 is 43.6 Å². The molecule has 3 aromatic heterocycles. The minimum atomic E-state index is 0.574. The Morgan fingerprint density at radius 3 is 1.34 bits per heavy atom. The van der Waals surface area contributed by atoms with E-state index in [9.17, 15) is 0 Å². The van der Waals surface area contributed by atoms with E-state index in [0.717, 1.165) is 60.6 Å². The van der Waals surface area contributed by atoms with Crippen molar-refractivity contribution < 1.29 is 0 Å². The molecular formula is C51H33N5. The second-order valence-electron chi connectivity index (χ2n) is 14.1. The van der Waals surface area contributed by atoms with Gasteiger partial charge in [-0.1, -0.05) is 170 Å². The molecule has 0 aliphatic heterocycles. The van der Waals surface area contributed by atoms with Crippen LogP contribution in [-0.2, 0) is 0 Å². The van der Waals surface area contributed by atoms with Gasteiger partial charge in [0.05, 0.1) is 27.8 Å². The summed E-state index contributed by atoms with van der Waals surface area (Å²) in [6.07, 6.45) is 0. The molecule has 5 nitrogen and oxygen atoms in total. The molecular weight excluding hydrogens is 683 g/mol. The monoisotopic (exact) mass is 715 g/mol. The molecule has 56 heavy (non-hydrogen) atoms. The SMILES string of the molecule is c1ccc(-c2ccc(-c3nc(-c4ccccc4)nc(-n4c5ccccc5c5cc6c(cc54)c4ccccc4n6-c4ccccc4-c4ccccc4)n3)cc2)cc1. The van der Waals surface area contributed by atoms with Crippen LogP contribution in [0.4, 0.5) is 0 Å². The molecule has 0 radical (unpaired) electrons. The molecule has 11 rings (SSSR count). The van der Waals surface area contributed by atoms with Crippen LogP contribution < -0.4 is 0 Å². The first-order valence-corrected chi connectivity index (χ1v) is 18.9. The lowest BCUT2D eigenvalue weighted by Crippen LogP contribution is -2.06. The lowest BCUT2D eigenvalue weighted by molar-refractivity contribution is 0.954. The van der Waals surface area contributed by atoms with E-state index >= 15 is 0 Å². The minimum absolute atomic E-state index is 0.574. The van der Waals surface area contributed by atoms with Gasteiger partial charge in [0.15, 0.2) is 11.6 Å². The Labute approximate surface area is 323 Å². The fourth-order valence-corrected chi connectivity index (χ4v) is 8.19. The van der Waals surface area contributed by atoms with Crippen molar-refractivity contribution in [3.63, 3.8) is 0 Å². The molecule has 11 aromatic rings.